The summed E-state index contributed by atoms with van der Waals surface area (Å²) in [6.45, 7) is 2.03. The van der Waals surface area contributed by atoms with Crippen molar-refractivity contribution in [3.8, 4) is 0 Å². The third kappa shape index (κ3) is 2.81. The number of aryl methyl sites for hydroxylation is 1. The lowest BCUT2D eigenvalue weighted by Crippen LogP contribution is -2.06. The van der Waals surface area contributed by atoms with Crippen molar-refractivity contribution >= 4 is 22.8 Å². The number of rotatable bonds is 3. The smallest absolute Gasteiger partial charge is 0.416 e. The minimum absolute atomic E-state index is 0.312. The number of hydrogen-bond acceptors (Lipinski definition) is 3. The number of carbonyl (C=O) groups excluding carboxylic acids is 1. The molecule has 144 valence electrons. The van der Waals surface area contributed by atoms with E-state index >= 15 is 0 Å². The lowest BCUT2D eigenvalue weighted by Gasteiger charge is -2.09. The summed E-state index contributed by atoms with van der Waals surface area (Å²) < 4.78 is 46.9. The fraction of sp³-hybridized carbons (Fsp3) is 0.200. The van der Waals surface area contributed by atoms with Gasteiger partial charge in [0, 0.05) is 0 Å². The van der Waals surface area contributed by atoms with Crippen LogP contribution in [0.1, 0.15) is 27.3 Å². The molecule has 0 atom stereocenters. The van der Waals surface area contributed by atoms with Gasteiger partial charge in [-0.2, -0.15) is 13.2 Å². The number of fused-ring (bicyclic) bond motifs is 3. The third-order valence-electron chi connectivity index (χ3n) is 4.69. The number of nitrogens with zero attached hydrogens (tertiary/aromatic N) is 3. The van der Waals surface area contributed by atoms with Crippen molar-refractivity contribution in [2.24, 2.45) is 0 Å². The van der Waals surface area contributed by atoms with E-state index in [2.05, 4.69) is 4.98 Å². The molecule has 0 saturated carbocycles. The molecular formula is C20H16F3N3O2. The van der Waals surface area contributed by atoms with Crippen LogP contribution in [0.15, 0.2) is 48.5 Å². The van der Waals surface area contributed by atoms with Crippen molar-refractivity contribution < 1.29 is 22.7 Å². The molecule has 2 aromatic carbocycles. The first-order valence-corrected chi connectivity index (χ1v) is 8.52. The molecule has 5 nitrogen and oxygen atoms in total. The number of imidazole rings is 2. The molecular weight excluding hydrogens is 371 g/mol. The SMILES string of the molecule is COC(=O)c1c(C)nc2n(Cc3ccc(C(F)(F)F)cc3)c3ccccc3n12. The zero-order chi connectivity index (χ0) is 20.1. The van der Waals surface area contributed by atoms with E-state index in [0.717, 1.165) is 23.2 Å². The molecule has 0 saturated heterocycles. The molecule has 0 aliphatic rings. The number of para-hydroxylation sites is 2. The van der Waals surface area contributed by atoms with Gasteiger partial charge >= 0.3 is 12.1 Å². The number of alkyl halides is 3. The van der Waals surface area contributed by atoms with Gasteiger partial charge in [-0.25, -0.2) is 9.78 Å². The molecule has 0 amide bonds. The van der Waals surface area contributed by atoms with Gasteiger partial charge in [-0.15, -0.1) is 0 Å². The van der Waals surface area contributed by atoms with Crippen LogP contribution in [0.3, 0.4) is 0 Å². The van der Waals surface area contributed by atoms with Gasteiger partial charge in [-0.1, -0.05) is 24.3 Å². The van der Waals surface area contributed by atoms with Crippen LogP contribution in [-0.2, 0) is 17.5 Å². The van der Waals surface area contributed by atoms with Crippen LogP contribution in [0.4, 0.5) is 13.2 Å². The average molecular weight is 387 g/mol. The zero-order valence-electron chi connectivity index (χ0n) is 15.1. The van der Waals surface area contributed by atoms with Gasteiger partial charge in [-0.05, 0) is 36.8 Å². The van der Waals surface area contributed by atoms with Crippen LogP contribution >= 0.6 is 0 Å². The first-order chi connectivity index (χ1) is 13.3. The Morgan fingerprint density at radius 3 is 2.32 bits per heavy atom. The molecule has 0 unspecified atom stereocenters. The van der Waals surface area contributed by atoms with Gasteiger partial charge < -0.3 is 9.30 Å². The highest BCUT2D eigenvalue weighted by atomic mass is 19.4. The highest BCUT2D eigenvalue weighted by molar-refractivity contribution is 5.93. The summed E-state index contributed by atoms with van der Waals surface area (Å²) in [7, 11) is 1.31. The van der Waals surface area contributed by atoms with Crippen LogP contribution < -0.4 is 0 Å². The molecule has 2 heterocycles. The second-order valence-corrected chi connectivity index (χ2v) is 6.44. The zero-order valence-corrected chi connectivity index (χ0v) is 15.1. The molecule has 0 spiro atoms. The van der Waals surface area contributed by atoms with E-state index < -0.39 is 17.7 Å². The second kappa shape index (κ2) is 6.40. The summed E-state index contributed by atoms with van der Waals surface area (Å²) in [5, 5.41) is 0. The van der Waals surface area contributed by atoms with Crippen LogP contribution in [0.25, 0.3) is 16.8 Å². The van der Waals surface area contributed by atoms with Gasteiger partial charge in [0.25, 0.3) is 0 Å². The molecule has 8 heteroatoms. The second-order valence-electron chi connectivity index (χ2n) is 6.44. The number of carbonyl (C=O) groups is 1. The lowest BCUT2D eigenvalue weighted by molar-refractivity contribution is -0.137. The summed E-state index contributed by atoms with van der Waals surface area (Å²) in [5.74, 6) is 0.0291. The lowest BCUT2D eigenvalue weighted by atomic mass is 10.1. The van der Waals surface area contributed by atoms with Crippen molar-refractivity contribution in [1.29, 1.82) is 0 Å². The largest absolute Gasteiger partial charge is 0.464 e. The summed E-state index contributed by atoms with van der Waals surface area (Å²) in [6.07, 6.45) is -4.37. The minimum atomic E-state index is -4.37. The number of benzene rings is 2. The Morgan fingerprint density at radius 1 is 1.07 bits per heavy atom. The van der Waals surface area contributed by atoms with E-state index in [1.807, 2.05) is 28.8 Å². The Morgan fingerprint density at radius 2 is 1.71 bits per heavy atom. The molecule has 4 aromatic rings. The monoisotopic (exact) mass is 387 g/mol. The van der Waals surface area contributed by atoms with Crippen molar-refractivity contribution in [2.45, 2.75) is 19.6 Å². The maximum absolute atomic E-state index is 12.8. The van der Waals surface area contributed by atoms with Crippen molar-refractivity contribution in [1.82, 2.24) is 14.0 Å². The first-order valence-electron chi connectivity index (χ1n) is 8.52. The molecule has 2 aromatic heterocycles. The minimum Gasteiger partial charge on any atom is -0.464 e. The summed E-state index contributed by atoms with van der Waals surface area (Å²) in [6, 6.07) is 12.5. The highest BCUT2D eigenvalue weighted by Crippen LogP contribution is 2.30. The maximum Gasteiger partial charge on any atom is 0.416 e. The Bertz CT molecular complexity index is 1190. The summed E-state index contributed by atoms with van der Waals surface area (Å²) in [4.78, 5) is 16.8. The van der Waals surface area contributed by atoms with E-state index in [4.69, 9.17) is 4.74 Å². The van der Waals surface area contributed by atoms with Gasteiger partial charge in [0.1, 0.15) is 0 Å². The molecule has 0 N–H and O–H groups in total. The maximum atomic E-state index is 12.8. The molecule has 28 heavy (non-hydrogen) atoms. The fourth-order valence-corrected chi connectivity index (χ4v) is 3.39. The Hall–Kier alpha value is -3.29. The normalized spacial score (nSPS) is 12.0. The fourth-order valence-electron chi connectivity index (χ4n) is 3.39. The highest BCUT2D eigenvalue weighted by Gasteiger charge is 2.30. The van der Waals surface area contributed by atoms with Gasteiger partial charge in [0.15, 0.2) is 5.69 Å². The Kier molecular flexibility index (Phi) is 4.14. The number of esters is 1. The summed E-state index contributed by atoms with van der Waals surface area (Å²) in [5.41, 5.74) is 2.44. The number of aromatic nitrogens is 3. The van der Waals surface area contributed by atoms with Gasteiger partial charge in [-0.3, -0.25) is 4.40 Å². The van der Waals surface area contributed by atoms with Crippen LogP contribution in [0.5, 0.6) is 0 Å². The van der Waals surface area contributed by atoms with E-state index in [1.54, 1.807) is 11.3 Å². The third-order valence-corrected chi connectivity index (χ3v) is 4.69. The predicted molar refractivity (Wildman–Crippen MR) is 97.3 cm³/mol. The summed E-state index contributed by atoms with van der Waals surface area (Å²) >= 11 is 0. The van der Waals surface area contributed by atoms with E-state index in [0.29, 0.717) is 29.3 Å². The molecule has 0 radical (unpaired) electrons. The molecule has 0 fully saturated rings. The van der Waals surface area contributed by atoms with Gasteiger partial charge in [0.05, 0.1) is 35.9 Å². The predicted octanol–water partition coefficient (Wildman–Crippen LogP) is 4.45. The van der Waals surface area contributed by atoms with E-state index in [9.17, 15) is 18.0 Å². The number of methoxy groups -OCH3 is 1. The van der Waals surface area contributed by atoms with Crippen LogP contribution in [0, 0.1) is 6.92 Å². The Labute approximate surface area is 158 Å². The van der Waals surface area contributed by atoms with Crippen molar-refractivity contribution in [3.63, 3.8) is 0 Å². The number of hydrogen-bond donors (Lipinski definition) is 0. The quantitative estimate of drug-likeness (QED) is 0.488. The first kappa shape index (κ1) is 18.1. The van der Waals surface area contributed by atoms with Crippen LogP contribution in [0.2, 0.25) is 0 Å². The van der Waals surface area contributed by atoms with Gasteiger partial charge in [0.2, 0.25) is 5.78 Å². The molecule has 4 rings (SSSR count). The van der Waals surface area contributed by atoms with E-state index in [-0.39, 0.29) is 0 Å². The Balaban J connectivity index is 1.88. The average Bonchev–Trinajstić information content (AvgIpc) is 3.15. The number of ether oxygens (including phenoxy) is 1. The topological polar surface area (TPSA) is 48.5 Å². The van der Waals surface area contributed by atoms with E-state index in [1.165, 1.54) is 19.2 Å². The van der Waals surface area contributed by atoms with Crippen LogP contribution in [-0.4, -0.2) is 27.0 Å². The van der Waals surface area contributed by atoms with Crippen molar-refractivity contribution in [2.75, 3.05) is 7.11 Å². The molecule has 0 aliphatic carbocycles. The standard InChI is InChI=1S/C20H16F3N3O2/c1-12-17(18(27)28-2)26-16-6-4-3-5-15(16)25(19(26)24-12)11-13-7-9-14(10-8-13)20(21,22)23/h3-10H,11H2,1-2H3. The number of halogens is 3. The molecule has 0 aliphatic heterocycles. The molecule has 0 bridgehead atoms. The van der Waals surface area contributed by atoms with Crippen molar-refractivity contribution in [3.05, 3.63) is 71.0 Å².